The Bertz CT molecular complexity index is 547. The van der Waals surface area contributed by atoms with Crippen LogP contribution >= 0.6 is 15.9 Å². The lowest BCUT2D eigenvalue weighted by Crippen LogP contribution is -2.09. The van der Waals surface area contributed by atoms with E-state index >= 15 is 0 Å². The average molecular weight is 355 g/mol. The Labute approximate surface area is 132 Å². The number of alkyl halides is 1. The van der Waals surface area contributed by atoms with Gasteiger partial charge in [0.2, 0.25) is 0 Å². The van der Waals surface area contributed by atoms with E-state index in [1.54, 1.807) is 4.68 Å². The van der Waals surface area contributed by atoms with Gasteiger partial charge in [0.05, 0.1) is 6.61 Å². The second kappa shape index (κ2) is 8.74. The third-order valence-corrected chi connectivity index (χ3v) is 3.39. The van der Waals surface area contributed by atoms with Crippen LogP contribution in [0.1, 0.15) is 24.7 Å². The maximum absolute atomic E-state index is 5.69. The molecule has 0 saturated carbocycles. The molecule has 21 heavy (non-hydrogen) atoms. The summed E-state index contributed by atoms with van der Waals surface area (Å²) in [6, 6.07) is 8.00. The van der Waals surface area contributed by atoms with Crippen molar-refractivity contribution in [2.45, 2.75) is 26.5 Å². The van der Waals surface area contributed by atoms with Crippen molar-refractivity contribution < 1.29 is 9.47 Å². The summed E-state index contributed by atoms with van der Waals surface area (Å²) < 4.78 is 12.7. The third-order valence-electron chi connectivity index (χ3n) is 2.83. The van der Waals surface area contributed by atoms with Crippen LogP contribution in [0, 0.1) is 0 Å². The Morgan fingerprint density at radius 2 is 2.24 bits per heavy atom. The molecule has 0 radical (unpaired) electrons. The fraction of sp³-hybridized carbons (Fsp3) is 0.500. The van der Waals surface area contributed by atoms with E-state index in [2.05, 4.69) is 31.5 Å². The van der Waals surface area contributed by atoms with E-state index in [1.165, 1.54) is 0 Å². The third kappa shape index (κ3) is 5.09. The molecule has 2 rings (SSSR count). The fourth-order valence-electron chi connectivity index (χ4n) is 1.80. The lowest BCUT2D eigenvalue weighted by molar-refractivity contribution is 0.0758. The Hall–Kier alpha value is -1.47. The van der Waals surface area contributed by atoms with Crippen molar-refractivity contribution in [3.05, 3.63) is 35.7 Å². The van der Waals surface area contributed by atoms with E-state index in [0.29, 0.717) is 26.4 Å². The van der Waals surface area contributed by atoms with Gasteiger partial charge in [0.1, 0.15) is 12.5 Å². The highest BCUT2D eigenvalue weighted by atomic mass is 79.9. The summed E-state index contributed by atoms with van der Waals surface area (Å²) in [6.07, 6.45) is 1.63. The van der Waals surface area contributed by atoms with Crippen LogP contribution in [-0.2, 0) is 17.9 Å². The Balaban J connectivity index is 1.99. The molecule has 1 aromatic carbocycles. The number of hydrogen-bond donors (Lipinski definition) is 0. The predicted molar refractivity (Wildman–Crippen MR) is 82.6 cm³/mol. The molecule has 0 saturated heterocycles. The fourth-order valence-corrected chi connectivity index (χ4v) is 2.03. The molecule has 1 heterocycles. The van der Waals surface area contributed by atoms with E-state index in [-0.39, 0.29) is 0 Å². The molecule has 2 aromatic rings. The normalized spacial score (nSPS) is 10.8. The molecule has 6 nitrogen and oxygen atoms in total. The summed E-state index contributed by atoms with van der Waals surface area (Å²) in [6.45, 7) is 3.66. The van der Waals surface area contributed by atoms with Gasteiger partial charge in [-0.25, -0.2) is 4.68 Å². The van der Waals surface area contributed by atoms with Gasteiger partial charge in [-0.2, -0.15) is 0 Å². The van der Waals surface area contributed by atoms with Crippen molar-refractivity contribution in [2.75, 3.05) is 18.5 Å². The van der Waals surface area contributed by atoms with Gasteiger partial charge in [-0.15, -0.1) is 5.10 Å². The molecule has 7 heteroatoms. The maximum Gasteiger partial charge on any atom is 0.158 e. The first-order chi connectivity index (χ1) is 10.3. The van der Waals surface area contributed by atoms with Crippen LogP contribution in [0.25, 0.3) is 0 Å². The van der Waals surface area contributed by atoms with Crippen molar-refractivity contribution in [3.63, 3.8) is 0 Å². The Morgan fingerprint density at radius 1 is 1.33 bits per heavy atom. The van der Waals surface area contributed by atoms with Gasteiger partial charge in [-0.3, -0.25) is 0 Å². The minimum absolute atomic E-state index is 0.375. The standard InChI is InChI=1S/C14H19BrN4O2/c1-2-20-11-19-14(16-17-18-19)10-12-5-3-6-13(9-12)21-8-4-7-15/h3,5-6,9H,2,4,7-8,10-11H2,1H3. The smallest absolute Gasteiger partial charge is 0.158 e. The summed E-state index contributed by atoms with van der Waals surface area (Å²) in [4.78, 5) is 0. The first kappa shape index (κ1) is 15.9. The van der Waals surface area contributed by atoms with Gasteiger partial charge in [-0.05, 0) is 41.5 Å². The molecule has 0 spiro atoms. The highest BCUT2D eigenvalue weighted by Crippen LogP contribution is 2.16. The molecular weight excluding hydrogens is 336 g/mol. The number of tetrazole rings is 1. The predicted octanol–water partition coefficient (Wildman–Crippen LogP) is 2.42. The summed E-state index contributed by atoms with van der Waals surface area (Å²) in [5.41, 5.74) is 1.11. The van der Waals surface area contributed by atoms with E-state index in [9.17, 15) is 0 Å². The van der Waals surface area contributed by atoms with Crippen LogP contribution in [0.4, 0.5) is 0 Å². The summed E-state index contributed by atoms with van der Waals surface area (Å²) in [5, 5.41) is 12.6. The van der Waals surface area contributed by atoms with Crippen LogP contribution < -0.4 is 4.74 Å². The molecule has 0 aliphatic rings. The lowest BCUT2D eigenvalue weighted by atomic mass is 10.1. The highest BCUT2D eigenvalue weighted by Gasteiger charge is 2.07. The van der Waals surface area contributed by atoms with E-state index in [1.807, 2.05) is 31.2 Å². The number of nitrogens with zero attached hydrogens (tertiary/aromatic N) is 4. The van der Waals surface area contributed by atoms with E-state index in [4.69, 9.17) is 9.47 Å². The second-order valence-corrected chi connectivity index (χ2v) is 5.22. The van der Waals surface area contributed by atoms with Crippen molar-refractivity contribution in [1.82, 2.24) is 20.2 Å². The molecule has 0 atom stereocenters. The molecule has 0 aliphatic heterocycles. The second-order valence-electron chi connectivity index (χ2n) is 4.43. The zero-order valence-electron chi connectivity index (χ0n) is 12.0. The molecule has 0 aliphatic carbocycles. The number of benzene rings is 1. The first-order valence-electron chi connectivity index (χ1n) is 6.94. The molecule has 114 valence electrons. The molecule has 0 unspecified atom stereocenters. The number of rotatable bonds is 9. The SMILES string of the molecule is CCOCn1nnnc1Cc1cccc(OCCCBr)c1. The van der Waals surface area contributed by atoms with Crippen LogP contribution in [0.5, 0.6) is 5.75 Å². The zero-order valence-corrected chi connectivity index (χ0v) is 13.6. The van der Waals surface area contributed by atoms with Crippen molar-refractivity contribution in [1.29, 1.82) is 0 Å². The number of hydrogen-bond acceptors (Lipinski definition) is 5. The Kier molecular flexibility index (Phi) is 6.62. The minimum atomic E-state index is 0.375. The topological polar surface area (TPSA) is 62.1 Å². The van der Waals surface area contributed by atoms with Gasteiger partial charge >= 0.3 is 0 Å². The first-order valence-corrected chi connectivity index (χ1v) is 8.06. The molecular formula is C14H19BrN4O2. The average Bonchev–Trinajstić information content (AvgIpc) is 2.93. The van der Waals surface area contributed by atoms with E-state index < -0.39 is 0 Å². The van der Waals surface area contributed by atoms with E-state index in [0.717, 1.165) is 28.9 Å². The van der Waals surface area contributed by atoms with Gasteiger partial charge in [0, 0.05) is 18.4 Å². The van der Waals surface area contributed by atoms with Gasteiger partial charge in [0.15, 0.2) is 5.82 Å². The highest BCUT2D eigenvalue weighted by molar-refractivity contribution is 9.09. The quantitative estimate of drug-likeness (QED) is 0.511. The van der Waals surface area contributed by atoms with Crippen LogP contribution in [0.2, 0.25) is 0 Å². The van der Waals surface area contributed by atoms with Crippen LogP contribution in [-0.4, -0.2) is 38.8 Å². The largest absolute Gasteiger partial charge is 0.494 e. The minimum Gasteiger partial charge on any atom is -0.494 e. The molecule has 0 N–H and O–H groups in total. The van der Waals surface area contributed by atoms with Crippen molar-refractivity contribution in [3.8, 4) is 5.75 Å². The summed E-state index contributed by atoms with van der Waals surface area (Å²) in [5.74, 6) is 1.65. The summed E-state index contributed by atoms with van der Waals surface area (Å²) in [7, 11) is 0. The zero-order chi connectivity index (χ0) is 14.9. The van der Waals surface area contributed by atoms with Gasteiger partial charge < -0.3 is 9.47 Å². The number of halogens is 1. The summed E-state index contributed by atoms with van der Waals surface area (Å²) >= 11 is 3.39. The molecule has 1 aromatic heterocycles. The Morgan fingerprint density at radius 3 is 3.05 bits per heavy atom. The number of ether oxygens (including phenoxy) is 2. The molecule has 0 amide bonds. The monoisotopic (exact) mass is 354 g/mol. The number of aromatic nitrogens is 4. The van der Waals surface area contributed by atoms with Gasteiger partial charge in [0.25, 0.3) is 0 Å². The van der Waals surface area contributed by atoms with Crippen molar-refractivity contribution in [2.24, 2.45) is 0 Å². The maximum atomic E-state index is 5.69. The van der Waals surface area contributed by atoms with Gasteiger partial charge in [-0.1, -0.05) is 28.1 Å². The molecule has 0 fully saturated rings. The molecule has 0 bridgehead atoms. The lowest BCUT2D eigenvalue weighted by Gasteiger charge is -2.08. The van der Waals surface area contributed by atoms with Crippen LogP contribution in [0.3, 0.4) is 0 Å². The van der Waals surface area contributed by atoms with Crippen LogP contribution in [0.15, 0.2) is 24.3 Å². The van der Waals surface area contributed by atoms with Crippen molar-refractivity contribution >= 4 is 15.9 Å².